The number of hydrogen-bond acceptors (Lipinski definition) is 3. The van der Waals surface area contributed by atoms with Crippen LogP contribution in [0.1, 0.15) is 55.7 Å². The molecule has 2 bridgehead atoms. The van der Waals surface area contributed by atoms with Crippen LogP contribution in [0.2, 0.25) is 0 Å². The molecule has 2 aliphatic carbocycles. The minimum atomic E-state index is 0.173. The van der Waals surface area contributed by atoms with Crippen molar-refractivity contribution in [2.45, 2.75) is 57.9 Å². The molecule has 3 rings (SSSR count). The van der Waals surface area contributed by atoms with Crippen molar-refractivity contribution < 1.29 is 0 Å². The Kier molecular flexibility index (Phi) is 3.10. The molecule has 0 saturated heterocycles. The Hall–Kier alpha value is -0.960. The van der Waals surface area contributed by atoms with E-state index < -0.39 is 0 Å². The zero-order chi connectivity index (χ0) is 12.7. The van der Waals surface area contributed by atoms with Crippen LogP contribution in [0.5, 0.6) is 0 Å². The Balaban J connectivity index is 1.85. The molecule has 2 fully saturated rings. The number of aromatic nitrogens is 2. The lowest BCUT2D eigenvalue weighted by atomic mass is 9.88. The molecule has 1 aromatic rings. The minimum absolute atomic E-state index is 0.173. The lowest BCUT2D eigenvalue weighted by Crippen LogP contribution is -2.20. The number of hydrogen-bond donors (Lipinski definition) is 1. The second-order valence-corrected chi connectivity index (χ2v) is 6.32. The standard InChI is InChI=1S/C15H23N3/c1-9(16)5-13-6-10(2)17-15(18-13)14-8-11-3-4-12(14)7-11/h6,9,11-12,14H,3-5,7-8,16H2,1-2H3. The number of aryl methyl sites for hydroxylation is 1. The maximum atomic E-state index is 5.88. The average molecular weight is 245 g/mol. The largest absolute Gasteiger partial charge is 0.328 e. The van der Waals surface area contributed by atoms with E-state index in [1.807, 2.05) is 6.92 Å². The summed E-state index contributed by atoms with van der Waals surface area (Å²) in [6.45, 7) is 4.11. The van der Waals surface area contributed by atoms with Crippen LogP contribution < -0.4 is 5.73 Å². The van der Waals surface area contributed by atoms with Crippen molar-refractivity contribution in [3.05, 3.63) is 23.3 Å². The van der Waals surface area contributed by atoms with E-state index in [9.17, 15) is 0 Å². The van der Waals surface area contributed by atoms with Gasteiger partial charge in [-0.2, -0.15) is 0 Å². The summed E-state index contributed by atoms with van der Waals surface area (Å²) in [6.07, 6.45) is 6.39. The third-order valence-electron chi connectivity index (χ3n) is 4.53. The van der Waals surface area contributed by atoms with Crippen molar-refractivity contribution in [2.24, 2.45) is 17.6 Å². The van der Waals surface area contributed by atoms with E-state index in [1.54, 1.807) is 0 Å². The smallest absolute Gasteiger partial charge is 0.132 e. The van der Waals surface area contributed by atoms with Crippen molar-refractivity contribution in [2.75, 3.05) is 0 Å². The minimum Gasteiger partial charge on any atom is -0.328 e. The summed E-state index contributed by atoms with van der Waals surface area (Å²) in [5.41, 5.74) is 8.09. The first kappa shape index (κ1) is 12.1. The molecule has 1 heterocycles. The van der Waals surface area contributed by atoms with E-state index in [-0.39, 0.29) is 6.04 Å². The summed E-state index contributed by atoms with van der Waals surface area (Å²) in [4.78, 5) is 9.47. The summed E-state index contributed by atoms with van der Waals surface area (Å²) >= 11 is 0. The first-order chi connectivity index (χ1) is 8.61. The van der Waals surface area contributed by atoms with E-state index in [0.29, 0.717) is 5.92 Å². The number of nitrogens with two attached hydrogens (primary N) is 1. The normalized spacial score (nSPS) is 31.8. The Labute approximate surface area is 109 Å². The molecule has 2 saturated carbocycles. The molecule has 18 heavy (non-hydrogen) atoms. The quantitative estimate of drug-likeness (QED) is 0.890. The second kappa shape index (κ2) is 4.61. The van der Waals surface area contributed by atoms with Gasteiger partial charge in [-0.15, -0.1) is 0 Å². The number of fused-ring (bicyclic) bond motifs is 2. The molecule has 3 heteroatoms. The van der Waals surface area contributed by atoms with Crippen LogP contribution in [0, 0.1) is 18.8 Å². The highest BCUT2D eigenvalue weighted by Crippen LogP contribution is 2.52. The monoisotopic (exact) mass is 245 g/mol. The van der Waals surface area contributed by atoms with Gasteiger partial charge in [0.15, 0.2) is 0 Å². The highest BCUT2D eigenvalue weighted by molar-refractivity contribution is 5.16. The van der Waals surface area contributed by atoms with Gasteiger partial charge in [0.2, 0.25) is 0 Å². The molecule has 4 atom stereocenters. The lowest BCUT2D eigenvalue weighted by Gasteiger charge is -2.21. The highest BCUT2D eigenvalue weighted by Gasteiger charge is 2.41. The van der Waals surface area contributed by atoms with E-state index in [1.165, 1.54) is 25.7 Å². The Morgan fingerprint density at radius 1 is 1.33 bits per heavy atom. The van der Waals surface area contributed by atoms with Crippen molar-refractivity contribution in [3.63, 3.8) is 0 Å². The predicted molar refractivity (Wildman–Crippen MR) is 72.3 cm³/mol. The zero-order valence-electron chi connectivity index (χ0n) is 11.4. The van der Waals surface area contributed by atoms with Gasteiger partial charge in [-0.25, -0.2) is 9.97 Å². The summed E-state index contributed by atoms with van der Waals surface area (Å²) in [6, 6.07) is 2.26. The molecular weight excluding hydrogens is 222 g/mol. The molecule has 0 amide bonds. The molecule has 2 N–H and O–H groups in total. The summed E-state index contributed by atoms with van der Waals surface area (Å²) in [5, 5.41) is 0. The molecule has 3 nitrogen and oxygen atoms in total. The van der Waals surface area contributed by atoms with E-state index >= 15 is 0 Å². The maximum Gasteiger partial charge on any atom is 0.132 e. The fourth-order valence-electron chi connectivity index (χ4n) is 3.82. The van der Waals surface area contributed by atoms with Crippen LogP contribution in [-0.4, -0.2) is 16.0 Å². The maximum absolute atomic E-state index is 5.88. The molecule has 4 unspecified atom stereocenters. The van der Waals surface area contributed by atoms with Crippen molar-refractivity contribution in [1.29, 1.82) is 0 Å². The second-order valence-electron chi connectivity index (χ2n) is 6.32. The Bertz CT molecular complexity index is 441. The molecular formula is C15H23N3. The van der Waals surface area contributed by atoms with Crippen LogP contribution in [-0.2, 0) is 6.42 Å². The van der Waals surface area contributed by atoms with E-state index in [0.717, 1.165) is 35.5 Å². The first-order valence-electron chi connectivity index (χ1n) is 7.22. The molecule has 0 spiro atoms. The van der Waals surface area contributed by atoms with Crippen molar-refractivity contribution >= 4 is 0 Å². The summed E-state index contributed by atoms with van der Waals surface area (Å²) in [5.74, 6) is 3.51. The lowest BCUT2D eigenvalue weighted by molar-refractivity contribution is 0.403. The Morgan fingerprint density at radius 3 is 2.78 bits per heavy atom. The molecule has 0 aliphatic heterocycles. The third-order valence-corrected chi connectivity index (χ3v) is 4.53. The van der Waals surface area contributed by atoms with E-state index in [4.69, 9.17) is 10.7 Å². The summed E-state index contributed by atoms with van der Waals surface area (Å²) < 4.78 is 0. The van der Waals surface area contributed by atoms with Gasteiger partial charge in [0.05, 0.1) is 0 Å². The molecule has 0 aromatic carbocycles. The molecule has 0 radical (unpaired) electrons. The topological polar surface area (TPSA) is 51.8 Å². The van der Waals surface area contributed by atoms with Gasteiger partial charge in [-0.05, 0) is 51.0 Å². The van der Waals surface area contributed by atoms with Gasteiger partial charge in [0.1, 0.15) is 5.82 Å². The summed E-state index contributed by atoms with van der Waals surface area (Å²) in [7, 11) is 0. The van der Waals surface area contributed by atoms with Crippen molar-refractivity contribution in [1.82, 2.24) is 9.97 Å². The van der Waals surface area contributed by atoms with Crippen molar-refractivity contribution in [3.8, 4) is 0 Å². The zero-order valence-corrected chi connectivity index (χ0v) is 11.4. The van der Waals surface area contributed by atoms with Gasteiger partial charge in [-0.3, -0.25) is 0 Å². The molecule has 98 valence electrons. The highest BCUT2D eigenvalue weighted by atomic mass is 14.9. The van der Waals surface area contributed by atoms with Crippen LogP contribution >= 0.6 is 0 Å². The van der Waals surface area contributed by atoms with Gasteiger partial charge < -0.3 is 5.73 Å². The average Bonchev–Trinajstić information content (AvgIpc) is 2.88. The van der Waals surface area contributed by atoms with Crippen LogP contribution in [0.15, 0.2) is 6.07 Å². The number of rotatable bonds is 3. The number of nitrogens with zero attached hydrogens (tertiary/aromatic N) is 2. The van der Waals surface area contributed by atoms with Gasteiger partial charge in [0, 0.05) is 29.8 Å². The Morgan fingerprint density at radius 2 is 2.17 bits per heavy atom. The SMILES string of the molecule is Cc1cc(CC(C)N)nc(C2CC3CCC2C3)n1. The van der Waals surface area contributed by atoms with Gasteiger partial charge in [0.25, 0.3) is 0 Å². The fraction of sp³-hybridized carbons (Fsp3) is 0.733. The molecule has 1 aromatic heterocycles. The van der Waals surface area contributed by atoms with Gasteiger partial charge >= 0.3 is 0 Å². The predicted octanol–water partition coefficient (Wildman–Crippen LogP) is 2.58. The fourth-order valence-corrected chi connectivity index (χ4v) is 3.82. The first-order valence-corrected chi connectivity index (χ1v) is 7.22. The van der Waals surface area contributed by atoms with Crippen LogP contribution in [0.25, 0.3) is 0 Å². The van der Waals surface area contributed by atoms with E-state index in [2.05, 4.69) is 18.0 Å². The van der Waals surface area contributed by atoms with Crippen LogP contribution in [0.3, 0.4) is 0 Å². The third kappa shape index (κ3) is 2.28. The van der Waals surface area contributed by atoms with Gasteiger partial charge in [-0.1, -0.05) is 6.42 Å². The van der Waals surface area contributed by atoms with Crippen LogP contribution in [0.4, 0.5) is 0 Å². The molecule has 2 aliphatic rings.